The van der Waals surface area contributed by atoms with Crippen molar-refractivity contribution < 1.29 is 82.3 Å². The number of halogens is 5. The molecule has 2 fully saturated rings. The Morgan fingerprint density at radius 3 is 1.36 bits per heavy atom. The summed E-state index contributed by atoms with van der Waals surface area (Å²) in [4.78, 5) is 88.7. The molecule has 4 aromatic carbocycles. The van der Waals surface area contributed by atoms with Gasteiger partial charge in [0.25, 0.3) is 0 Å². The van der Waals surface area contributed by atoms with Gasteiger partial charge in [-0.25, -0.2) is 84.7 Å². The molecule has 2 saturated heterocycles. The molecule has 123 heavy (non-hydrogen) atoms. The predicted octanol–water partition coefficient (Wildman–Crippen LogP) is 18.0. The van der Waals surface area contributed by atoms with Gasteiger partial charge in [-0.1, -0.05) is 85.6 Å². The minimum atomic E-state index is -3.61. The lowest BCUT2D eigenvalue weighted by molar-refractivity contribution is 0.0406. The van der Waals surface area contributed by atoms with Crippen molar-refractivity contribution in [3.63, 3.8) is 0 Å². The Labute approximate surface area is 738 Å². The second kappa shape index (κ2) is 40.5. The summed E-state index contributed by atoms with van der Waals surface area (Å²) in [6.07, 6.45) is 4.21. The number of imide groups is 2. The molecule has 0 bridgehead atoms. The van der Waals surface area contributed by atoms with Crippen LogP contribution in [0.3, 0.4) is 0 Å². The second-order valence-corrected chi connectivity index (χ2v) is 44.5. The number of aryl methyl sites for hydroxylation is 1. The SMILES string of the molecule is CC(C)(C)OC(=O)N(C(=O)OC(C)(C)C)c1ncc(Br)nc1C#C[Si](C)(C)C.CCCc1ccc(-c2cc(-c3nc(-c4ccc(S(=O)(=O)C5CCOC5)cc4)cnc3N(C(=O)OC(C)(C)C)C(=O)OC(C)(C)C)on2)c(F)c1.CNCc1ccc(-c2cc(-c3nc(-c4ccc(S(=O)(=O)C5CCOC5)cc4)cnc3N)on2)c(F)c1.Nc1ncc(Br)nc1Br. The fourth-order valence-electron chi connectivity index (χ4n) is 11.4. The number of carbonyl (C=O) groups is 4. The van der Waals surface area contributed by atoms with Gasteiger partial charge >= 0.3 is 24.4 Å². The summed E-state index contributed by atoms with van der Waals surface area (Å²) < 4.78 is 127. The first-order valence-corrected chi connectivity index (χ1v) is 47.5. The van der Waals surface area contributed by atoms with Crippen LogP contribution in [0.25, 0.3) is 67.9 Å². The molecule has 654 valence electrons. The van der Waals surface area contributed by atoms with Gasteiger partial charge in [0, 0.05) is 54.1 Å². The number of ether oxygens (including phenoxy) is 6. The Balaban J connectivity index is 0.000000206. The fraction of sp³-hybridized carbons (Fsp3) is 0.381. The highest BCUT2D eigenvalue weighted by Crippen LogP contribution is 2.38. The third-order valence-electron chi connectivity index (χ3n) is 16.9. The van der Waals surface area contributed by atoms with Crippen LogP contribution >= 0.6 is 47.8 Å². The van der Waals surface area contributed by atoms with Gasteiger partial charge in [-0.3, -0.25) is 0 Å². The number of rotatable bonds is 16. The number of nitrogens with two attached hydrogens (primary N) is 2. The normalized spacial score (nSPS) is 14.2. The molecule has 12 rings (SSSR count). The van der Waals surface area contributed by atoms with Gasteiger partial charge in [-0.15, -0.1) is 5.54 Å². The van der Waals surface area contributed by atoms with Gasteiger partial charge in [-0.05, 0) is 217 Å². The van der Waals surface area contributed by atoms with Crippen molar-refractivity contribution in [2.45, 2.75) is 185 Å². The molecule has 10 aromatic rings. The zero-order chi connectivity index (χ0) is 90.5. The van der Waals surface area contributed by atoms with Gasteiger partial charge in [0.2, 0.25) is 0 Å². The molecule has 39 heteroatoms. The first-order chi connectivity index (χ1) is 57.5. The fourth-order valence-corrected chi connectivity index (χ4v) is 16.1. The molecule has 2 atom stereocenters. The van der Waals surface area contributed by atoms with Crippen molar-refractivity contribution >= 4 is 123 Å². The lowest BCUT2D eigenvalue weighted by Crippen LogP contribution is -2.44. The number of nitrogens with one attached hydrogen (secondary N) is 1. The minimum Gasteiger partial charge on any atom is -0.443 e. The van der Waals surface area contributed by atoms with Gasteiger partial charge in [0.05, 0.1) is 69.7 Å². The Morgan fingerprint density at radius 1 is 0.537 bits per heavy atom. The van der Waals surface area contributed by atoms with E-state index < -0.39 is 96.7 Å². The van der Waals surface area contributed by atoms with Gasteiger partial charge in [0.1, 0.15) is 67.3 Å². The summed E-state index contributed by atoms with van der Waals surface area (Å²) in [5.41, 5.74) is 15.6. The van der Waals surface area contributed by atoms with E-state index in [1.165, 1.54) is 48.9 Å². The van der Waals surface area contributed by atoms with E-state index in [0.717, 1.165) is 22.4 Å². The highest BCUT2D eigenvalue weighted by molar-refractivity contribution is 9.11. The molecule has 2 aliphatic heterocycles. The van der Waals surface area contributed by atoms with E-state index in [-0.39, 0.29) is 91.6 Å². The third kappa shape index (κ3) is 26.8. The Hall–Kier alpha value is -10.4. The molecule has 5 N–H and O–H groups in total. The van der Waals surface area contributed by atoms with Crippen molar-refractivity contribution in [3.05, 3.63) is 164 Å². The van der Waals surface area contributed by atoms with Gasteiger partial charge < -0.3 is 54.3 Å². The number of anilines is 4. The first-order valence-electron chi connectivity index (χ1n) is 38.5. The number of hydrogen-bond acceptors (Lipinski definition) is 29. The van der Waals surface area contributed by atoms with E-state index in [4.69, 9.17) is 53.9 Å². The molecule has 6 aromatic heterocycles. The van der Waals surface area contributed by atoms with Crippen LogP contribution in [0, 0.1) is 23.1 Å². The topological polar surface area (TPSA) is 418 Å². The Bertz CT molecular complexity index is 5730. The van der Waals surface area contributed by atoms with Crippen molar-refractivity contribution in [2.24, 2.45) is 0 Å². The van der Waals surface area contributed by atoms with Crippen LogP contribution in [0.15, 0.2) is 154 Å². The zero-order valence-corrected chi connectivity index (χ0v) is 78.2. The predicted molar refractivity (Wildman–Crippen MR) is 472 cm³/mol. The van der Waals surface area contributed by atoms with E-state index in [1.807, 2.05) is 13.0 Å². The zero-order valence-electron chi connectivity index (χ0n) is 70.8. The van der Waals surface area contributed by atoms with E-state index in [0.29, 0.717) is 86.1 Å². The number of benzene rings is 4. The summed E-state index contributed by atoms with van der Waals surface area (Å²) in [7, 11) is -7.03. The molecule has 2 aliphatic rings. The van der Waals surface area contributed by atoms with Gasteiger partial charge in [0.15, 0.2) is 71.5 Å². The molecular formula is C84H96Br3F2N15O16S2Si. The number of amides is 4. The molecule has 0 aliphatic carbocycles. The first kappa shape index (κ1) is 96.4. The molecule has 2 unspecified atom stereocenters. The summed E-state index contributed by atoms with van der Waals surface area (Å²) >= 11 is 9.51. The van der Waals surface area contributed by atoms with E-state index in [9.17, 15) is 40.4 Å². The summed E-state index contributed by atoms with van der Waals surface area (Å²) in [6.45, 7) is 30.0. The van der Waals surface area contributed by atoms with Crippen LogP contribution in [-0.4, -0.2) is 166 Å². The van der Waals surface area contributed by atoms with Crippen molar-refractivity contribution in [1.29, 1.82) is 0 Å². The molecule has 31 nitrogen and oxygen atoms in total. The summed E-state index contributed by atoms with van der Waals surface area (Å²) in [6, 6.07) is 25.3. The molecular weight excluding hydrogens is 1840 g/mol. The smallest absolute Gasteiger partial charge is 0.425 e. The van der Waals surface area contributed by atoms with Crippen LogP contribution < -0.4 is 26.6 Å². The quantitative estimate of drug-likeness (QED) is 0.0459. The van der Waals surface area contributed by atoms with Crippen LogP contribution in [0.4, 0.5) is 51.2 Å². The molecule has 4 amide bonds. The minimum absolute atomic E-state index is 0.0301. The van der Waals surface area contributed by atoms with E-state index >= 15 is 4.39 Å². The average Bonchev–Trinajstić information content (AvgIpc) is 1.76. The summed E-state index contributed by atoms with van der Waals surface area (Å²) in [5.74, 6) is 2.42. The maximum atomic E-state index is 15.2. The van der Waals surface area contributed by atoms with Crippen LogP contribution in [0.1, 0.15) is 126 Å². The standard InChI is InChI=1S/C36H41FN4O8S.C25H24FN5O4S.C19H28BrN3O4Si.C4H3Br2N3/c1-8-9-22-10-15-26(27(37)18-22)28-19-30(49-40-28)31-32(41(33(42)47-35(2,3)4)34(43)48-36(5,6)7)38-20-29(39-31)23-11-13-24(14-12-23)50(44,45)25-16-17-46-21-25;1-28-12-15-2-7-19(20(26)10-15)21-11-23(35-31-21)24-25(27)29-13-22(30-24)16-3-5-17(6-4-16)36(32,33)18-8-9-34-14-18;1-18(2,3)26-16(24)23(17(25)27-19(4,5)6)15-13(10-11-28(7,8)9)22-14(20)12-21-15;5-2-1-8-4(7)3(6)9-2/h10-15,18-20,25H,8-9,16-17,21H2,1-7H3;2-7,10-11,13,18,28H,8-9,12,14H2,1H3,(H2,27,29);12H,1-9H3;1H,(H2,7,8). The van der Waals surface area contributed by atoms with Crippen LogP contribution in [0.2, 0.25) is 19.6 Å². The van der Waals surface area contributed by atoms with E-state index in [2.05, 4.69) is 129 Å². The van der Waals surface area contributed by atoms with Crippen molar-refractivity contribution in [3.8, 4) is 79.4 Å². The number of nitrogens with zero attached hydrogens (tertiary/aromatic N) is 12. The number of hydrogen-bond donors (Lipinski definition) is 3. The third-order valence-corrected chi connectivity index (χ3v) is 23.5. The maximum Gasteiger partial charge on any atom is 0.425 e. The molecule has 0 saturated carbocycles. The average molecular weight is 1940 g/mol. The second-order valence-electron chi connectivity index (χ2n) is 32.9. The monoisotopic (exact) mass is 1940 g/mol. The lowest BCUT2D eigenvalue weighted by atomic mass is 10.0. The molecule has 0 spiro atoms. The Kier molecular flexibility index (Phi) is 31.7. The number of carbonyl (C=O) groups excluding carboxylic acids is 4. The van der Waals surface area contributed by atoms with E-state index in [1.54, 1.807) is 157 Å². The number of aromatic nitrogens is 10. The maximum absolute atomic E-state index is 15.2. The van der Waals surface area contributed by atoms with Crippen molar-refractivity contribution in [2.75, 3.05) is 54.7 Å². The number of nitrogen functional groups attached to an aromatic ring is 2. The van der Waals surface area contributed by atoms with Crippen LogP contribution in [-0.2, 0) is 61.1 Å². The molecule has 0 radical (unpaired) electrons. The number of sulfone groups is 2. The van der Waals surface area contributed by atoms with Crippen LogP contribution in [0.5, 0.6) is 0 Å². The van der Waals surface area contributed by atoms with Crippen molar-refractivity contribution in [1.82, 2.24) is 55.5 Å². The highest BCUT2D eigenvalue weighted by atomic mass is 79.9. The molecule has 8 heterocycles. The largest absolute Gasteiger partial charge is 0.443 e. The lowest BCUT2D eigenvalue weighted by Gasteiger charge is -2.28. The highest BCUT2D eigenvalue weighted by Gasteiger charge is 2.40. The summed E-state index contributed by atoms with van der Waals surface area (Å²) in [5, 5.41) is 9.89. The van der Waals surface area contributed by atoms with Gasteiger partial charge in [-0.2, -0.15) is 9.80 Å². The Morgan fingerprint density at radius 2 is 0.943 bits per heavy atom.